The fourth-order valence-electron chi connectivity index (χ4n) is 2.45. The van der Waals surface area contributed by atoms with Crippen LogP contribution in [0.1, 0.15) is 9.67 Å². The number of ether oxygens (including phenoxy) is 1. The summed E-state index contributed by atoms with van der Waals surface area (Å²) >= 11 is 7.51. The van der Waals surface area contributed by atoms with E-state index in [-0.39, 0.29) is 18.6 Å². The van der Waals surface area contributed by atoms with Crippen LogP contribution < -0.4 is 5.73 Å². The number of rotatable bonds is 2. The number of carbonyl (C=O) groups excluding carboxylic acids is 1. The van der Waals surface area contributed by atoms with Gasteiger partial charge in [-0.15, -0.1) is 11.3 Å². The predicted molar refractivity (Wildman–Crippen MR) is 84.0 cm³/mol. The van der Waals surface area contributed by atoms with Gasteiger partial charge in [0.15, 0.2) is 0 Å². The fourth-order valence-corrected chi connectivity index (χ4v) is 3.90. The number of anilines is 1. The second-order valence-electron chi connectivity index (χ2n) is 4.88. The third kappa shape index (κ3) is 2.60. The van der Waals surface area contributed by atoms with E-state index in [1.165, 1.54) is 11.3 Å². The van der Waals surface area contributed by atoms with Crippen molar-refractivity contribution in [2.45, 2.75) is 6.10 Å². The topological polar surface area (TPSA) is 75.8 Å². The molecule has 0 radical (unpaired) electrons. The SMILES string of the molecule is Nc1c(C(=O)N2CCOC(CO)C2)sc2cccc(Cl)c12. The molecule has 1 saturated heterocycles. The third-order valence-electron chi connectivity index (χ3n) is 3.53. The maximum absolute atomic E-state index is 12.6. The molecular weight excluding hydrogens is 312 g/mol. The summed E-state index contributed by atoms with van der Waals surface area (Å²) in [6, 6.07) is 5.50. The number of morpholine rings is 1. The Balaban J connectivity index is 1.95. The summed E-state index contributed by atoms with van der Waals surface area (Å²) in [4.78, 5) is 14.8. The summed E-state index contributed by atoms with van der Waals surface area (Å²) in [6.07, 6.45) is -0.332. The Bertz CT molecular complexity index is 688. The Morgan fingerprint density at radius 1 is 1.57 bits per heavy atom. The molecule has 0 saturated carbocycles. The first-order valence-electron chi connectivity index (χ1n) is 6.60. The molecule has 1 aromatic heterocycles. The first kappa shape index (κ1) is 14.6. The molecule has 2 aromatic rings. The number of aliphatic hydroxyl groups is 1. The van der Waals surface area contributed by atoms with Crippen LogP contribution in [-0.2, 0) is 4.74 Å². The molecule has 1 aliphatic rings. The molecule has 1 atom stereocenters. The van der Waals surface area contributed by atoms with E-state index in [1.54, 1.807) is 11.0 Å². The van der Waals surface area contributed by atoms with Crippen molar-refractivity contribution in [2.24, 2.45) is 0 Å². The Morgan fingerprint density at radius 2 is 2.38 bits per heavy atom. The summed E-state index contributed by atoms with van der Waals surface area (Å²) < 4.78 is 6.26. The Hall–Kier alpha value is -1.34. The number of carbonyl (C=O) groups is 1. The molecule has 5 nitrogen and oxygen atoms in total. The number of hydrogen-bond donors (Lipinski definition) is 2. The number of nitrogens with zero attached hydrogens (tertiary/aromatic N) is 1. The summed E-state index contributed by atoms with van der Waals surface area (Å²) in [6.45, 7) is 1.19. The van der Waals surface area contributed by atoms with E-state index in [1.807, 2.05) is 12.1 Å². The first-order valence-corrected chi connectivity index (χ1v) is 7.79. The molecule has 0 bridgehead atoms. The van der Waals surface area contributed by atoms with E-state index < -0.39 is 0 Å². The lowest BCUT2D eigenvalue weighted by Gasteiger charge is -2.31. The van der Waals surface area contributed by atoms with Gasteiger partial charge in [-0.25, -0.2) is 0 Å². The van der Waals surface area contributed by atoms with Gasteiger partial charge in [0.25, 0.3) is 5.91 Å². The van der Waals surface area contributed by atoms with Gasteiger partial charge in [0, 0.05) is 23.2 Å². The maximum atomic E-state index is 12.6. The highest BCUT2D eigenvalue weighted by Crippen LogP contribution is 2.38. The molecule has 21 heavy (non-hydrogen) atoms. The maximum Gasteiger partial charge on any atom is 0.266 e. The van der Waals surface area contributed by atoms with Gasteiger partial charge in [-0.1, -0.05) is 17.7 Å². The molecule has 0 aliphatic carbocycles. The molecular formula is C14H15ClN2O3S. The standard InChI is InChI=1S/C14H15ClN2O3S/c15-9-2-1-3-10-11(9)12(16)13(21-10)14(19)17-4-5-20-8(6-17)7-18/h1-3,8,18H,4-7,16H2. The second-order valence-corrected chi connectivity index (χ2v) is 6.34. The zero-order chi connectivity index (χ0) is 15.0. The minimum Gasteiger partial charge on any atom is -0.397 e. The minimum absolute atomic E-state index is 0.0997. The monoisotopic (exact) mass is 326 g/mol. The third-order valence-corrected chi connectivity index (χ3v) is 5.00. The lowest BCUT2D eigenvalue weighted by Crippen LogP contribution is -2.46. The van der Waals surface area contributed by atoms with Gasteiger partial charge in [0.1, 0.15) is 4.88 Å². The molecule has 1 aliphatic heterocycles. The average molecular weight is 327 g/mol. The first-order chi connectivity index (χ1) is 10.1. The van der Waals surface area contributed by atoms with Gasteiger partial charge >= 0.3 is 0 Å². The van der Waals surface area contributed by atoms with E-state index in [0.717, 1.165) is 10.1 Å². The van der Waals surface area contributed by atoms with E-state index >= 15 is 0 Å². The van der Waals surface area contributed by atoms with Gasteiger partial charge in [-0.3, -0.25) is 4.79 Å². The number of halogens is 1. The van der Waals surface area contributed by atoms with Gasteiger partial charge in [-0.2, -0.15) is 0 Å². The number of nitrogens with two attached hydrogens (primary N) is 1. The van der Waals surface area contributed by atoms with Crippen molar-refractivity contribution >= 4 is 44.6 Å². The van der Waals surface area contributed by atoms with E-state index in [4.69, 9.17) is 27.2 Å². The quantitative estimate of drug-likeness (QED) is 0.884. The van der Waals surface area contributed by atoms with Crippen molar-refractivity contribution in [3.63, 3.8) is 0 Å². The fraction of sp³-hybridized carbons (Fsp3) is 0.357. The number of nitrogen functional groups attached to an aromatic ring is 1. The molecule has 0 spiro atoms. The normalized spacial score (nSPS) is 19.1. The second kappa shape index (κ2) is 5.81. The Labute approximate surface area is 130 Å². The van der Waals surface area contributed by atoms with Crippen LogP contribution in [0.4, 0.5) is 5.69 Å². The van der Waals surface area contributed by atoms with Crippen molar-refractivity contribution < 1.29 is 14.6 Å². The number of fused-ring (bicyclic) bond motifs is 1. The number of aliphatic hydroxyl groups excluding tert-OH is 1. The molecule has 7 heteroatoms. The summed E-state index contributed by atoms with van der Waals surface area (Å²) in [7, 11) is 0. The van der Waals surface area contributed by atoms with Crippen LogP contribution in [0.5, 0.6) is 0 Å². The van der Waals surface area contributed by atoms with Crippen LogP contribution in [0.15, 0.2) is 18.2 Å². The van der Waals surface area contributed by atoms with Crippen LogP contribution in [-0.4, -0.2) is 48.3 Å². The van der Waals surface area contributed by atoms with E-state index in [2.05, 4.69) is 0 Å². The van der Waals surface area contributed by atoms with Crippen LogP contribution in [0.3, 0.4) is 0 Å². The molecule has 1 fully saturated rings. The molecule has 1 amide bonds. The van der Waals surface area contributed by atoms with Crippen LogP contribution in [0.2, 0.25) is 5.02 Å². The van der Waals surface area contributed by atoms with Crippen LogP contribution in [0.25, 0.3) is 10.1 Å². The van der Waals surface area contributed by atoms with Crippen LogP contribution >= 0.6 is 22.9 Å². The molecule has 2 heterocycles. The van der Waals surface area contributed by atoms with Gasteiger partial charge in [0.05, 0.1) is 30.0 Å². The van der Waals surface area contributed by atoms with Crippen molar-refractivity contribution in [3.8, 4) is 0 Å². The predicted octanol–water partition coefficient (Wildman–Crippen LogP) is 1.97. The molecule has 3 N–H and O–H groups in total. The van der Waals surface area contributed by atoms with Crippen molar-refractivity contribution in [1.29, 1.82) is 0 Å². The zero-order valence-electron chi connectivity index (χ0n) is 11.2. The van der Waals surface area contributed by atoms with Crippen molar-refractivity contribution in [2.75, 3.05) is 32.0 Å². The Morgan fingerprint density at radius 3 is 3.10 bits per heavy atom. The summed E-state index contributed by atoms with van der Waals surface area (Å²) in [5.41, 5.74) is 6.54. The van der Waals surface area contributed by atoms with Gasteiger partial charge in [-0.05, 0) is 12.1 Å². The smallest absolute Gasteiger partial charge is 0.266 e. The number of hydrogen-bond acceptors (Lipinski definition) is 5. The lowest BCUT2D eigenvalue weighted by molar-refractivity contribution is -0.0445. The minimum atomic E-state index is -0.332. The van der Waals surface area contributed by atoms with E-state index in [9.17, 15) is 4.79 Å². The summed E-state index contributed by atoms with van der Waals surface area (Å²) in [5.74, 6) is -0.133. The average Bonchev–Trinajstić information content (AvgIpc) is 2.85. The zero-order valence-corrected chi connectivity index (χ0v) is 12.8. The van der Waals surface area contributed by atoms with Gasteiger partial charge < -0.3 is 20.5 Å². The highest BCUT2D eigenvalue weighted by atomic mass is 35.5. The van der Waals surface area contributed by atoms with Gasteiger partial charge in [0.2, 0.25) is 0 Å². The number of benzene rings is 1. The highest BCUT2D eigenvalue weighted by molar-refractivity contribution is 7.21. The molecule has 1 unspecified atom stereocenters. The summed E-state index contributed by atoms with van der Waals surface area (Å²) in [5, 5.41) is 10.5. The number of thiophene rings is 1. The highest BCUT2D eigenvalue weighted by Gasteiger charge is 2.27. The van der Waals surface area contributed by atoms with Crippen molar-refractivity contribution in [3.05, 3.63) is 28.1 Å². The van der Waals surface area contributed by atoms with Crippen LogP contribution in [0, 0.1) is 0 Å². The molecule has 3 rings (SSSR count). The largest absolute Gasteiger partial charge is 0.397 e. The van der Waals surface area contributed by atoms with E-state index in [0.29, 0.717) is 35.3 Å². The van der Waals surface area contributed by atoms with Crippen molar-refractivity contribution in [1.82, 2.24) is 4.90 Å². The molecule has 112 valence electrons. The molecule has 1 aromatic carbocycles. The number of amides is 1. The lowest BCUT2D eigenvalue weighted by atomic mass is 10.2. The Kier molecular flexibility index (Phi) is 4.03.